The smallest absolute Gasteiger partial charge is 0.142 e. The van der Waals surface area contributed by atoms with Crippen molar-refractivity contribution in [1.82, 2.24) is 9.97 Å². The van der Waals surface area contributed by atoms with Gasteiger partial charge in [-0.25, -0.2) is 9.97 Å². The van der Waals surface area contributed by atoms with E-state index in [-0.39, 0.29) is 0 Å². The molecule has 20 heavy (non-hydrogen) atoms. The van der Waals surface area contributed by atoms with Gasteiger partial charge < -0.3 is 4.74 Å². The first kappa shape index (κ1) is 13.1. The van der Waals surface area contributed by atoms with Crippen LogP contribution < -0.4 is 4.74 Å². The van der Waals surface area contributed by atoms with E-state index in [1.165, 1.54) is 0 Å². The Bertz CT molecular complexity index is 749. The van der Waals surface area contributed by atoms with E-state index in [2.05, 4.69) is 30.3 Å². The van der Waals surface area contributed by atoms with Crippen LogP contribution in [0.5, 0.6) is 5.75 Å². The van der Waals surface area contributed by atoms with E-state index < -0.39 is 0 Å². The number of pyridine rings is 1. The third-order valence-electron chi connectivity index (χ3n) is 3.23. The summed E-state index contributed by atoms with van der Waals surface area (Å²) in [6.45, 7) is 4.30. The van der Waals surface area contributed by atoms with Crippen LogP contribution >= 0.6 is 11.3 Å². The third kappa shape index (κ3) is 2.39. The van der Waals surface area contributed by atoms with Gasteiger partial charge in [-0.2, -0.15) is 0 Å². The number of hydrogen-bond donors (Lipinski definition) is 0. The fourth-order valence-electron chi connectivity index (χ4n) is 2.01. The monoisotopic (exact) mass is 284 g/mol. The summed E-state index contributed by atoms with van der Waals surface area (Å²) in [4.78, 5) is 9.35. The summed E-state index contributed by atoms with van der Waals surface area (Å²) in [6, 6.07) is 10.0. The standard InChI is InChI=1S/C16H16N2OS/c1-10(2)15-9-20-16(18-15)13-7-5-11-4-6-12(19-3)8-14(11)17-13/h4-10H,1-3H3. The zero-order chi connectivity index (χ0) is 14.1. The molecule has 102 valence electrons. The Kier molecular flexibility index (Phi) is 3.40. The normalized spacial score (nSPS) is 11.2. The highest BCUT2D eigenvalue weighted by Gasteiger charge is 2.09. The Hall–Kier alpha value is -1.94. The number of thiazole rings is 1. The number of fused-ring (bicyclic) bond motifs is 1. The first-order chi connectivity index (χ1) is 9.67. The lowest BCUT2D eigenvalue weighted by atomic mass is 10.1. The molecule has 1 aromatic carbocycles. The summed E-state index contributed by atoms with van der Waals surface area (Å²) in [6.07, 6.45) is 0. The summed E-state index contributed by atoms with van der Waals surface area (Å²) in [5.74, 6) is 1.27. The third-order valence-corrected chi connectivity index (χ3v) is 4.11. The maximum absolute atomic E-state index is 5.25. The van der Waals surface area contributed by atoms with Crippen LogP contribution in [0.1, 0.15) is 25.5 Å². The molecule has 0 spiro atoms. The number of ether oxygens (including phenoxy) is 1. The minimum Gasteiger partial charge on any atom is -0.497 e. The van der Waals surface area contributed by atoms with Gasteiger partial charge in [0.2, 0.25) is 0 Å². The molecule has 0 aliphatic carbocycles. The van der Waals surface area contributed by atoms with Gasteiger partial charge in [0.05, 0.1) is 24.0 Å². The van der Waals surface area contributed by atoms with Crippen LogP contribution in [0.3, 0.4) is 0 Å². The first-order valence-corrected chi connectivity index (χ1v) is 7.46. The maximum Gasteiger partial charge on any atom is 0.142 e. The maximum atomic E-state index is 5.25. The van der Waals surface area contributed by atoms with E-state index in [0.29, 0.717) is 5.92 Å². The molecule has 0 bridgehead atoms. The molecular formula is C16H16N2OS. The van der Waals surface area contributed by atoms with Gasteiger partial charge in [0.15, 0.2) is 0 Å². The number of benzene rings is 1. The van der Waals surface area contributed by atoms with Crippen LogP contribution in [0, 0.1) is 0 Å². The van der Waals surface area contributed by atoms with Crippen molar-refractivity contribution in [2.24, 2.45) is 0 Å². The number of nitrogens with zero attached hydrogens (tertiary/aromatic N) is 2. The molecule has 3 nitrogen and oxygen atoms in total. The number of methoxy groups -OCH3 is 1. The molecule has 2 aromatic heterocycles. The minimum atomic E-state index is 0.445. The average Bonchev–Trinajstić information content (AvgIpc) is 2.96. The summed E-state index contributed by atoms with van der Waals surface area (Å²) in [5.41, 5.74) is 2.98. The molecule has 0 saturated heterocycles. The molecule has 0 aliphatic rings. The molecule has 0 radical (unpaired) electrons. The lowest BCUT2D eigenvalue weighted by molar-refractivity contribution is 0.415. The summed E-state index contributed by atoms with van der Waals surface area (Å²) < 4.78 is 5.25. The van der Waals surface area contributed by atoms with E-state index in [1.807, 2.05) is 24.3 Å². The van der Waals surface area contributed by atoms with Crippen molar-refractivity contribution in [1.29, 1.82) is 0 Å². The Morgan fingerprint density at radius 3 is 2.60 bits per heavy atom. The predicted molar refractivity (Wildman–Crippen MR) is 83.5 cm³/mol. The number of hydrogen-bond acceptors (Lipinski definition) is 4. The molecule has 0 amide bonds. The average molecular weight is 284 g/mol. The van der Waals surface area contributed by atoms with Gasteiger partial charge in [-0.05, 0) is 24.1 Å². The lowest BCUT2D eigenvalue weighted by Crippen LogP contribution is -1.89. The Labute approximate surface area is 122 Å². The zero-order valence-electron chi connectivity index (χ0n) is 11.8. The molecule has 0 fully saturated rings. The summed E-state index contributed by atoms with van der Waals surface area (Å²) in [5, 5.41) is 4.19. The van der Waals surface area contributed by atoms with Gasteiger partial charge in [-0.3, -0.25) is 0 Å². The number of rotatable bonds is 3. The fourth-order valence-corrected chi connectivity index (χ4v) is 2.96. The van der Waals surface area contributed by atoms with Gasteiger partial charge >= 0.3 is 0 Å². The molecule has 0 atom stereocenters. The largest absolute Gasteiger partial charge is 0.497 e. The van der Waals surface area contributed by atoms with Crippen LogP contribution in [0.15, 0.2) is 35.7 Å². The Balaban J connectivity index is 2.06. The molecule has 0 saturated carbocycles. The van der Waals surface area contributed by atoms with Gasteiger partial charge in [0.1, 0.15) is 10.8 Å². The SMILES string of the molecule is COc1ccc2ccc(-c3nc(C(C)C)cs3)nc2c1. The molecule has 0 aliphatic heterocycles. The van der Waals surface area contributed by atoms with E-state index in [0.717, 1.165) is 33.0 Å². The van der Waals surface area contributed by atoms with Gasteiger partial charge in [-0.1, -0.05) is 19.9 Å². The highest BCUT2D eigenvalue weighted by Crippen LogP contribution is 2.28. The molecule has 3 rings (SSSR count). The zero-order valence-corrected chi connectivity index (χ0v) is 12.6. The van der Waals surface area contributed by atoms with Crippen molar-refractivity contribution < 1.29 is 4.74 Å². The van der Waals surface area contributed by atoms with Crippen LogP contribution in [0.4, 0.5) is 0 Å². The molecule has 2 heterocycles. The second-order valence-electron chi connectivity index (χ2n) is 4.99. The predicted octanol–water partition coefficient (Wildman–Crippen LogP) is 4.49. The Morgan fingerprint density at radius 2 is 1.90 bits per heavy atom. The molecular weight excluding hydrogens is 268 g/mol. The van der Waals surface area contributed by atoms with E-state index in [4.69, 9.17) is 9.72 Å². The quantitative estimate of drug-likeness (QED) is 0.710. The van der Waals surface area contributed by atoms with Crippen molar-refractivity contribution in [3.63, 3.8) is 0 Å². The van der Waals surface area contributed by atoms with Crippen molar-refractivity contribution in [3.05, 3.63) is 41.4 Å². The van der Waals surface area contributed by atoms with Crippen LogP contribution in [-0.4, -0.2) is 17.1 Å². The van der Waals surface area contributed by atoms with Gasteiger partial charge in [0.25, 0.3) is 0 Å². The van der Waals surface area contributed by atoms with Crippen molar-refractivity contribution >= 4 is 22.2 Å². The molecule has 0 unspecified atom stereocenters. The van der Waals surface area contributed by atoms with E-state index >= 15 is 0 Å². The van der Waals surface area contributed by atoms with Gasteiger partial charge in [0, 0.05) is 16.8 Å². The molecule has 3 aromatic rings. The van der Waals surface area contributed by atoms with E-state index in [1.54, 1.807) is 18.4 Å². The lowest BCUT2D eigenvalue weighted by Gasteiger charge is -2.03. The first-order valence-electron chi connectivity index (χ1n) is 6.58. The summed E-state index contributed by atoms with van der Waals surface area (Å²) >= 11 is 1.64. The molecule has 0 N–H and O–H groups in total. The van der Waals surface area contributed by atoms with Crippen molar-refractivity contribution in [2.75, 3.05) is 7.11 Å². The topological polar surface area (TPSA) is 35.0 Å². The Morgan fingerprint density at radius 1 is 1.10 bits per heavy atom. The highest BCUT2D eigenvalue weighted by molar-refractivity contribution is 7.13. The van der Waals surface area contributed by atoms with Crippen molar-refractivity contribution in [3.8, 4) is 16.5 Å². The van der Waals surface area contributed by atoms with Crippen LogP contribution in [-0.2, 0) is 0 Å². The minimum absolute atomic E-state index is 0.445. The van der Waals surface area contributed by atoms with Crippen LogP contribution in [0.25, 0.3) is 21.6 Å². The van der Waals surface area contributed by atoms with E-state index in [9.17, 15) is 0 Å². The second kappa shape index (κ2) is 5.21. The fraction of sp³-hybridized carbons (Fsp3) is 0.250. The number of aromatic nitrogens is 2. The van der Waals surface area contributed by atoms with Crippen LogP contribution in [0.2, 0.25) is 0 Å². The summed E-state index contributed by atoms with van der Waals surface area (Å²) in [7, 11) is 1.67. The highest BCUT2D eigenvalue weighted by atomic mass is 32.1. The molecule has 4 heteroatoms. The van der Waals surface area contributed by atoms with Gasteiger partial charge in [-0.15, -0.1) is 11.3 Å². The van der Waals surface area contributed by atoms with Crippen molar-refractivity contribution in [2.45, 2.75) is 19.8 Å². The second-order valence-corrected chi connectivity index (χ2v) is 5.85.